The van der Waals surface area contributed by atoms with E-state index in [-0.39, 0.29) is 5.82 Å². The fraction of sp³-hybridized carbons (Fsp3) is 0.154. The largest absolute Gasteiger partial charge is 0.397 e. The van der Waals surface area contributed by atoms with E-state index in [4.69, 9.17) is 5.73 Å². The van der Waals surface area contributed by atoms with E-state index in [1.807, 2.05) is 24.1 Å². The summed E-state index contributed by atoms with van der Waals surface area (Å²) < 4.78 is 12.9. The third-order valence-corrected chi connectivity index (χ3v) is 2.57. The summed E-state index contributed by atoms with van der Waals surface area (Å²) in [5.41, 5.74) is 8.18. The summed E-state index contributed by atoms with van der Waals surface area (Å²) >= 11 is 0. The zero-order valence-corrected chi connectivity index (χ0v) is 9.60. The number of nitrogens with zero attached hydrogens (tertiary/aromatic N) is 2. The fourth-order valence-corrected chi connectivity index (χ4v) is 1.72. The molecule has 2 aromatic rings. The third kappa shape index (κ3) is 2.72. The average molecular weight is 231 g/mol. The molecule has 0 bridgehead atoms. The van der Waals surface area contributed by atoms with Crippen molar-refractivity contribution in [2.75, 3.05) is 17.7 Å². The van der Waals surface area contributed by atoms with Crippen molar-refractivity contribution in [3.63, 3.8) is 0 Å². The van der Waals surface area contributed by atoms with Crippen LogP contribution in [0, 0.1) is 5.82 Å². The molecule has 0 amide bonds. The molecule has 88 valence electrons. The van der Waals surface area contributed by atoms with Crippen molar-refractivity contribution in [1.82, 2.24) is 4.98 Å². The minimum absolute atomic E-state index is 0.316. The Kier molecular flexibility index (Phi) is 3.23. The van der Waals surface area contributed by atoms with Crippen molar-refractivity contribution in [2.45, 2.75) is 6.54 Å². The molecule has 0 atom stereocenters. The second-order valence-electron chi connectivity index (χ2n) is 3.91. The van der Waals surface area contributed by atoms with Crippen LogP contribution in [0.2, 0.25) is 0 Å². The Morgan fingerprint density at radius 1 is 1.24 bits per heavy atom. The second-order valence-corrected chi connectivity index (χ2v) is 3.91. The molecule has 0 aliphatic heterocycles. The monoisotopic (exact) mass is 231 g/mol. The molecule has 1 aromatic heterocycles. The first-order valence-corrected chi connectivity index (χ1v) is 5.32. The smallest absolute Gasteiger partial charge is 0.125 e. The number of aromatic nitrogens is 1. The highest BCUT2D eigenvalue weighted by atomic mass is 19.1. The Hall–Kier alpha value is -2.10. The molecule has 2 N–H and O–H groups in total. The third-order valence-electron chi connectivity index (χ3n) is 2.57. The molecule has 1 heterocycles. The van der Waals surface area contributed by atoms with E-state index < -0.39 is 0 Å². The number of nitrogens with two attached hydrogens (primary N) is 1. The minimum Gasteiger partial charge on any atom is -0.397 e. The Bertz CT molecular complexity index is 499. The fourth-order valence-electron chi connectivity index (χ4n) is 1.72. The maximum absolute atomic E-state index is 12.9. The highest BCUT2D eigenvalue weighted by Gasteiger charge is 2.06. The lowest BCUT2D eigenvalue weighted by atomic mass is 10.2. The van der Waals surface area contributed by atoms with Gasteiger partial charge in [0.15, 0.2) is 0 Å². The van der Waals surface area contributed by atoms with Gasteiger partial charge in [-0.15, -0.1) is 0 Å². The minimum atomic E-state index is -0.316. The van der Waals surface area contributed by atoms with Gasteiger partial charge in [-0.1, -0.05) is 0 Å². The molecule has 4 heteroatoms. The molecular formula is C13H14FN3. The van der Waals surface area contributed by atoms with Crippen LogP contribution in [0.3, 0.4) is 0 Å². The molecule has 0 unspecified atom stereocenters. The molecule has 0 aliphatic carbocycles. The lowest BCUT2D eigenvalue weighted by molar-refractivity contribution is 0.628. The van der Waals surface area contributed by atoms with Crippen LogP contribution in [0.5, 0.6) is 0 Å². The predicted molar refractivity (Wildman–Crippen MR) is 67.2 cm³/mol. The van der Waals surface area contributed by atoms with E-state index in [9.17, 15) is 4.39 Å². The van der Waals surface area contributed by atoms with Gasteiger partial charge < -0.3 is 10.6 Å². The first-order chi connectivity index (χ1) is 8.16. The predicted octanol–water partition coefficient (Wildman–Crippen LogP) is 2.44. The molecule has 1 aromatic carbocycles. The average Bonchev–Trinajstić information content (AvgIpc) is 2.30. The summed E-state index contributed by atoms with van der Waals surface area (Å²) in [6.07, 6.45) is 3.49. The Balaban J connectivity index is 2.17. The van der Waals surface area contributed by atoms with Crippen molar-refractivity contribution >= 4 is 11.4 Å². The summed E-state index contributed by atoms with van der Waals surface area (Å²) in [6.45, 7) is 0.707. The molecule has 0 aliphatic rings. The van der Waals surface area contributed by atoms with Gasteiger partial charge in [-0.05, 0) is 35.9 Å². The van der Waals surface area contributed by atoms with Crippen LogP contribution in [-0.2, 0) is 6.54 Å². The number of rotatable bonds is 3. The van der Waals surface area contributed by atoms with E-state index in [0.717, 1.165) is 11.3 Å². The molecule has 0 radical (unpaired) electrons. The summed E-state index contributed by atoms with van der Waals surface area (Å²) in [5.74, 6) is -0.316. The second kappa shape index (κ2) is 4.82. The highest BCUT2D eigenvalue weighted by molar-refractivity contribution is 5.67. The van der Waals surface area contributed by atoms with Gasteiger partial charge in [-0.2, -0.15) is 0 Å². The zero-order chi connectivity index (χ0) is 12.3. The molecular weight excluding hydrogens is 217 g/mol. The molecule has 0 spiro atoms. The molecule has 0 saturated heterocycles. The van der Waals surface area contributed by atoms with Gasteiger partial charge in [-0.3, -0.25) is 4.98 Å². The number of nitrogen functional groups attached to an aromatic ring is 1. The van der Waals surface area contributed by atoms with Crippen molar-refractivity contribution in [2.24, 2.45) is 0 Å². The number of halogens is 1. The van der Waals surface area contributed by atoms with E-state index >= 15 is 0 Å². The van der Waals surface area contributed by atoms with Gasteiger partial charge in [0.25, 0.3) is 0 Å². The maximum atomic E-state index is 12.9. The number of benzene rings is 1. The first-order valence-electron chi connectivity index (χ1n) is 5.32. The maximum Gasteiger partial charge on any atom is 0.125 e. The SMILES string of the molecule is CN(Cc1ccncc1)c1ccc(F)cc1N. The number of pyridine rings is 1. The zero-order valence-electron chi connectivity index (χ0n) is 9.60. The van der Waals surface area contributed by atoms with Gasteiger partial charge >= 0.3 is 0 Å². The first kappa shape index (κ1) is 11.4. The van der Waals surface area contributed by atoms with Crippen LogP contribution in [0.1, 0.15) is 5.56 Å². The standard InChI is InChI=1S/C13H14FN3/c1-17(9-10-4-6-16-7-5-10)13-3-2-11(14)8-12(13)15/h2-8H,9,15H2,1H3. The Labute approximate surface area is 99.7 Å². The van der Waals surface area contributed by atoms with E-state index in [1.165, 1.54) is 12.1 Å². The normalized spacial score (nSPS) is 10.2. The van der Waals surface area contributed by atoms with E-state index in [0.29, 0.717) is 12.2 Å². The van der Waals surface area contributed by atoms with E-state index in [2.05, 4.69) is 4.98 Å². The van der Waals surface area contributed by atoms with Crippen molar-refractivity contribution in [3.8, 4) is 0 Å². The van der Waals surface area contributed by atoms with Crippen LogP contribution in [-0.4, -0.2) is 12.0 Å². The van der Waals surface area contributed by atoms with Gasteiger partial charge in [0.05, 0.1) is 11.4 Å². The number of hydrogen-bond acceptors (Lipinski definition) is 3. The van der Waals surface area contributed by atoms with Crippen LogP contribution in [0.25, 0.3) is 0 Å². The lowest BCUT2D eigenvalue weighted by Gasteiger charge is -2.21. The van der Waals surface area contributed by atoms with Gasteiger partial charge in [-0.25, -0.2) is 4.39 Å². The quantitative estimate of drug-likeness (QED) is 0.825. The van der Waals surface area contributed by atoms with Gasteiger partial charge in [0.1, 0.15) is 5.82 Å². The molecule has 0 fully saturated rings. The molecule has 0 saturated carbocycles. The Morgan fingerprint density at radius 3 is 2.59 bits per heavy atom. The topological polar surface area (TPSA) is 42.2 Å². The number of anilines is 2. The molecule has 17 heavy (non-hydrogen) atoms. The number of hydrogen-bond donors (Lipinski definition) is 1. The van der Waals surface area contributed by atoms with E-state index in [1.54, 1.807) is 18.5 Å². The van der Waals surface area contributed by atoms with Crippen LogP contribution in [0.15, 0.2) is 42.7 Å². The summed E-state index contributed by atoms with van der Waals surface area (Å²) in [5, 5.41) is 0. The van der Waals surface area contributed by atoms with Crippen molar-refractivity contribution < 1.29 is 4.39 Å². The van der Waals surface area contributed by atoms with Crippen LogP contribution >= 0.6 is 0 Å². The summed E-state index contributed by atoms with van der Waals surface area (Å²) in [7, 11) is 1.92. The van der Waals surface area contributed by atoms with Crippen LogP contribution in [0.4, 0.5) is 15.8 Å². The van der Waals surface area contributed by atoms with Gasteiger partial charge in [0, 0.05) is 26.0 Å². The molecule has 3 nitrogen and oxygen atoms in total. The highest BCUT2D eigenvalue weighted by Crippen LogP contribution is 2.23. The van der Waals surface area contributed by atoms with Gasteiger partial charge in [0.2, 0.25) is 0 Å². The summed E-state index contributed by atoms with van der Waals surface area (Å²) in [4.78, 5) is 5.94. The van der Waals surface area contributed by atoms with Crippen LogP contribution < -0.4 is 10.6 Å². The Morgan fingerprint density at radius 2 is 1.94 bits per heavy atom. The lowest BCUT2D eigenvalue weighted by Crippen LogP contribution is -2.17. The van der Waals surface area contributed by atoms with Crippen molar-refractivity contribution in [3.05, 3.63) is 54.1 Å². The van der Waals surface area contributed by atoms with Crippen molar-refractivity contribution in [1.29, 1.82) is 0 Å². The summed E-state index contributed by atoms with van der Waals surface area (Å²) in [6, 6.07) is 8.31. The molecule has 2 rings (SSSR count).